The summed E-state index contributed by atoms with van der Waals surface area (Å²) >= 11 is 0. The Kier molecular flexibility index (Phi) is 5.65. The van der Waals surface area contributed by atoms with Crippen LogP contribution in [0.2, 0.25) is 0 Å². The fourth-order valence-electron chi connectivity index (χ4n) is 3.97. The van der Waals surface area contributed by atoms with Crippen LogP contribution in [0.1, 0.15) is 44.1 Å². The SMILES string of the molecule is c1cnc(N2CCC[C@@H](NCc3cccc(OC4CCCC4)c3)C2)nc1. The monoisotopic (exact) mass is 352 g/mol. The first-order chi connectivity index (χ1) is 12.9. The Hall–Kier alpha value is -2.14. The van der Waals surface area contributed by atoms with Crippen molar-refractivity contribution in [2.75, 3.05) is 18.0 Å². The van der Waals surface area contributed by atoms with E-state index in [1.165, 1.54) is 44.1 Å². The second-order valence-electron chi connectivity index (χ2n) is 7.39. The Morgan fingerprint density at radius 3 is 2.73 bits per heavy atom. The number of ether oxygens (including phenoxy) is 1. The van der Waals surface area contributed by atoms with Crippen LogP contribution in [0.5, 0.6) is 5.75 Å². The lowest BCUT2D eigenvalue weighted by atomic mass is 10.1. The fourth-order valence-corrected chi connectivity index (χ4v) is 3.97. The van der Waals surface area contributed by atoms with Gasteiger partial charge >= 0.3 is 0 Å². The maximum absolute atomic E-state index is 6.13. The highest BCUT2D eigenvalue weighted by molar-refractivity contribution is 5.30. The van der Waals surface area contributed by atoms with Gasteiger partial charge < -0.3 is 15.0 Å². The topological polar surface area (TPSA) is 50.3 Å². The quantitative estimate of drug-likeness (QED) is 0.861. The van der Waals surface area contributed by atoms with E-state index in [9.17, 15) is 0 Å². The standard InChI is InChI=1S/C21H28N4O/c1-2-9-19(8-1)26-20-10-3-6-17(14-20)15-24-18-7-4-13-25(16-18)21-22-11-5-12-23-21/h3,5-6,10-12,14,18-19,24H,1-2,4,7-9,13,15-16H2/t18-/m1/s1. The number of rotatable bonds is 6. The molecule has 2 aromatic rings. The van der Waals surface area contributed by atoms with Crippen LogP contribution in [0, 0.1) is 0 Å². The minimum absolute atomic E-state index is 0.413. The molecule has 1 aliphatic carbocycles. The first kappa shape index (κ1) is 17.3. The summed E-state index contributed by atoms with van der Waals surface area (Å²) in [5.74, 6) is 1.85. The van der Waals surface area contributed by atoms with Gasteiger partial charge in [0.2, 0.25) is 5.95 Å². The molecule has 4 rings (SSSR count). The van der Waals surface area contributed by atoms with Crippen molar-refractivity contribution in [2.45, 2.75) is 57.2 Å². The zero-order chi connectivity index (χ0) is 17.6. The highest BCUT2D eigenvalue weighted by atomic mass is 16.5. The second kappa shape index (κ2) is 8.49. The molecule has 138 valence electrons. The van der Waals surface area contributed by atoms with Gasteiger partial charge in [0.1, 0.15) is 5.75 Å². The highest BCUT2D eigenvalue weighted by Crippen LogP contribution is 2.24. The summed E-state index contributed by atoms with van der Waals surface area (Å²) in [6.07, 6.45) is 11.4. The summed E-state index contributed by atoms with van der Waals surface area (Å²) in [6, 6.07) is 10.9. The number of aromatic nitrogens is 2. The summed E-state index contributed by atoms with van der Waals surface area (Å²) in [4.78, 5) is 11.1. The number of hydrogen-bond acceptors (Lipinski definition) is 5. The Balaban J connectivity index is 1.30. The van der Waals surface area contributed by atoms with Gasteiger partial charge in [0.05, 0.1) is 6.10 Å². The summed E-state index contributed by atoms with van der Waals surface area (Å²) in [7, 11) is 0. The van der Waals surface area contributed by atoms with Gasteiger partial charge in [-0.15, -0.1) is 0 Å². The van der Waals surface area contributed by atoms with E-state index >= 15 is 0 Å². The van der Waals surface area contributed by atoms with Gasteiger partial charge in [-0.2, -0.15) is 0 Å². The third kappa shape index (κ3) is 4.52. The maximum atomic E-state index is 6.13. The molecule has 0 spiro atoms. The van der Waals surface area contributed by atoms with Crippen molar-refractivity contribution in [1.29, 1.82) is 0 Å². The Bertz CT molecular complexity index is 687. The van der Waals surface area contributed by atoms with Crippen LogP contribution in [0.3, 0.4) is 0 Å². The molecule has 1 N–H and O–H groups in total. The first-order valence-corrected chi connectivity index (χ1v) is 9.88. The lowest BCUT2D eigenvalue weighted by Gasteiger charge is -2.33. The molecule has 2 heterocycles. The predicted octanol–water partition coefficient (Wildman–Crippen LogP) is 3.56. The molecular formula is C21H28N4O. The van der Waals surface area contributed by atoms with E-state index in [-0.39, 0.29) is 0 Å². The van der Waals surface area contributed by atoms with Gasteiger partial charge in [-0.05, 0) is 62.3 Å². The van der Waals surface area contributed by atoms with Crippen molar-refractivity contribution in [1.82, 2.24) is 15.3 Å². The molecule has 0 bridgehead atoms. The molecule has 0 radical (unpaired) electrons. The number of hydrogen-bond donors (Lipinski definition) is 1. The third-order valence-corrected chi connectivity index (χ3v) is 5.35. The molecule has 1 aromatic carbocycles. The van der Waals surface area contributed by atoms with Crippen LogP contribution in [-0.2, 0) is 6.54 Å². The molecule has 1 atom stereocenters. The normalized spacial score (nSPS) is 21.1. The summed E-state index contributed by atoms with van der Waals surface area (Å²) in [5.41, 5.74) is 1.29. The molecule has 1 aromatic heterocycles. The van der Waals surface area contributed by atoms with Crippen molar-refractivity contribution in [3.05, 3.63) is 48.3 Å². The number of piperidine rings is 1. The van der Waals surface area contributed by atoms with E-state index < -0.39 is 0 Å². The molecule has 5 nitrogen and oxygen atoms in total. The number of nitrogens with zero attached hydrogens (tertiary/aromatic N) is 3. The second-order valence-corrected chi connectivity index (χ2v) is 7.39. The average Bonchev–Trinajstić information content (AvgIpc) is 3.21. The number of anilines is 1. The van der Waals surface area contributed by atoms with Gasteiger partial charge in [0, 0.05) is 38.1 Å². The molecule has 1 saturated carbocycles. The minimum atomic E-state index is 0.413. The van der Waals surface area contributed by atoms with Gasteiger partial charge in [0.25, 0.3) is 0 Å². The lowest BCUT2D eigenvalue weighted by molar-refractivity contribution is 0.210. The van der Waals surface area contributed by atoms with Crippen LogP contribution in [-0.4, -0.2) is 35.2 Å². The molecule has 5 heteroatoms. The van der Waals surface area contributed by atoms with Crippen LogP contribution in [0.25, 0.3) is 0 Å². The fraction of sp³-hybridized carbons (Fsp3) is 0.524. The van der Waals surface area contributed by atoms with Gasteiger partial charge in [-0.3, -0.25) is 0 Å². The zero-order valence-electron chi connectivity index (χ0n) is 15.3. The van der Waals surface area contributed by atoms with E-state index in [2.05, 4.69) is 44.5 Å². The largest absolute Gasteiger partial charge is 0.490 e. The van der Waals surface area contributed by atoms with Crippen molar-refractivity contribution >= 4 is 5.95 Å². The van der Waals surface area contributed by atoms with Gasteiger partial charge in [0.15, 0.2) is 0 Å². The molecule has 26 heavy (non-hydrogen) atoms. The highest BCUT2D eigenvalue weighted by Gasteiger charge is 2.21. The van der Waals surface area contributed by atoms with Crippen molar-refractivity contribution < 1.29 is 4.74 Å². The van der Waals surface area contributed by atoms with Gasteiger partial charge in [-0.25, -0.2) is 9.97 Å². The van der Waals surface area contributed by atoms with E-state index in [0.717, 1.165) is 31.3 Å². The summed E-state index contributed by atoms with van der Waals surface area (Å²) in [6.45, 7) is 2.87. The van der Waals surface area contributed by atoms with Crippen molar-refractivity contribution in [2.24, 2.45) is 0 Å². The van der Waals surface area contributed by atoms with E-state index in [4.69, 9.17) is 4.74 Å². The van der Waals surface area contributed by atoms with E-state index in [1.54, 1.807) is 0 Å². The zero-order valence-corrected chi connectivity index (χ0v) is 15.3. The molecule has 1 saturated heterocycles. The number of nitrogens with one attached hydrogen (secondary N) is 1. The molecule has 2 fully saturated rings. The van der Waals surface area contributed by atoms with Crippen LogP contribution >= 0.6 is 0 Å². The third-order valence-electron chi connectivity index (χ3n) is 5.35. The van der Waals surface area contributed by atoms with Crippen LogP contribution in [0.4, 0.5) is 5.95 Å². The van der Waals surface area contributed by atoms with Crippen LogP contribution < -0.4 is 15.0 Å². The van der Waals surface area contributed by atoms with Gasteiger partial charge in [-0.1, -0.05) is 12.1 Å². The average molecular weight is 352 g/mol. The Morgan fingerprint density at radius 1 is 1.04 bits per heavy atom. The molecule has 2 aliphatic rings. The summed E-state index contributed by atoms with van der Waals surface area (Å²) in [5, 5.41) is 3.71. The maximum Gasteiger partial charge on any atom is 0.225 e. The van der Waals surface area contributed by atoms with Crippen molar-refractivity contribution in [3.8, 4) is 5.75 Å². The molecule has 0 amide bonds. The first-order valence-electron chi connectivity index (χ1n) is 9.88. The van der Waals surface area contributed by atoms with E-state index in [0.29, 0.717) is 12.1 Å². The summed E-state index contributed by atoms with van der Waals surface area (Å²) < 4.78 is 6.13. The Morgan fingerprint density at radius 2 is 1.88 bits per heavy atom. The molecule has 1 aliphatic heterocycles. The van der Waals surface area contributed by atoms with Crippen molar-refractivity contribution in [3.63, 3.8) is 0 Å². The lowest BCUT2D eigenvalue weighted by Crippen LogP contribution is -2.46. The van der Waals surface area contributed by atoms with Crippen LogP contribution in [0.15, 0.2) is 42.7 Å². The smallest absolute Gasteiger partial charge is 0.225 e. The minimum Gasteiger partial charge on any atom is -0.490 e. The molecule has 0 unspecified atom stereocenters. The number of benzene rings is 1. The van der Waals surface area contributed by atoms with E-state index in [1.807, 2.05) is 18.5 Å². The predicted molar refractivity (Wildman–Crippen MR) is 103 cm³/mol. The Labute approximate surface area is 155 Å². The molecular weight excluding hydrogens is 324 g/mol.